The minimum absolute atomic E-state index is 0.168. The lowest BCUT2D eigenvalue weighted by Crippen LogP contribution is -2.21. The standard InChI is InChI=1S/C17H18ClN5O/c1-22(2)14-6-3-12(4-7-14)17(21-23-10-19-20-11-23)15-9-13(18)5-8-16(15)24/h3-11,17,21,24H,1-2H3/t17-/m1/s1. The Balaban J connectivity index is 2.02. The maximum absolute atomic E-state index is 10.3. The van der Waals surface area contributed by atoms with Crippen molar-refractivity contribution in [3.63, 3.8) is 0 Å². The highest BCUT2D eigenvalue weighted by Gasteiger charge is 2.19. The molecule has 0 unspecified atom stereocenters. The predicted molar refractivity (Wildman–Crippen MR) is 95.1 cm³/mol. The highest BCUT2D eigenvalue weighted by Crippen LogP contribution is 2.33. The van der Waals surface area contributed by atoms with Crippen molar-refractivity contribution in [3.05, 3.63) is 71.3 Å². The van der Waals surface area contributed by atoms with Crippen LogP contribution in [0.1, 0.15) is 17.2 Å². The molecule has 3 rings (SSSR count). The van der Waals surface area contributed by atoms with Gasteiger partial charge in [-0.3, -0.25) is 0 Å². The average molecular weight is 344 g/mol. The van der Waals surface area contributed by atoms with Crippen molar-refractivity contribution < 1.29 is 5.11 Å². The third-order valence-corrected chi connectivity index (χ3v) is 3.98. The van der Waals surface area contributed by atoms with Gasteiger partial charge in [-0.1, -0.05) is 23.7 Å². The van der Waals surface area contributed by atoms with E-state index < -0.39 is 0 Å². The Bertz CT molecular complexity index is 802. The Labute approximate surface area is 145 Å². The van der Waals surface area contributed by atoms with Crippen LogP contribution >= 0.6 is 11.6 Å². The number of nitrogens with zero attached hydrogens (tertiary/aromatic N) is 4. The fourth-order valence-electron chi connectivity index (χ4n) is 2.46. The van der Waals surface area contributed by atoms with E-state index >= 15 is 0 Å². The van der Waals surface area contributed by atoms with Gasteiger partial charge in [-0.25, -0.2) is 4.68 Å². The van der Waals surface area contributed by atoms with Gasteiger partial charge in [-0.2, -0.15) is 0 Å². The van der Waals surface area contributed by atoms with Gasteiger partial charge in [0.1, 0.15) is 18.4 Å². The third-order valence-electron chi connectivity index (χ3n) is 3.74. The van der Waals surface area contributed by atoms with Crippen LogP contribution in [0.3, 0.4) is 0 Å². The second-order valence-corrected chi connectivity index (χ2v) is 6.06. The summed E-state index contributed by atoms with van der Waals surface area (Å²) in [5.41, 5.74) is 6.02. The Morgan fingerprint density at radius 3 is 2.38 bits per heavy atom. The van der Waals surface area contributed by atoms with E-state index in [1.54, 1.807) is 35.5 Å². The molecule has 0 radical (unpaired) electrons. The summed E-state index contributed by atoms with van der Waals surface area (Å²) < 4.78 is 1.64. The van der Waals surface area contributed by atoms with Crippen molar-refractivity contribution in [3.8, 4) is 5.75 Å². The number of halogens is 1. The molecule has 0 aliphatic heterocycles. The molecule has 0 spiro atoms. The van der Waals surface area contributed by atoms with Crippen LogP contribution in [0.5, 0.6) is 5.75 Å². The number of phenolic OH excluding ortho intramolecular Hbond substituents is 1. The topological polar surface area (TPSA) is 66.2 Å². The summed E-state index contributed by atoms with van der Waals surface area (Å²) in [5.74, 6) is 0.168. The zero-order valence-electron chi connectivity index (χ0n) is 13.4. The molecule has 0 saturated heterocycles. The van der Waals surface area contributed by atoms with Crippen LogP contribution in [0, 0.1) is 0 Å². The molecule has 0 aliphatic carbocycles. The number of rotatable bonds is 5. The number of nitrogens with one attached hydrogen (secondary N) is 1. The lowest BCUT2D eigenvalue weighted by Gasteiger charge is -2.23. The summed E-state index contributed by atoms with van der Waals surface area (Å²) in [5, 5.41) is 18.4. The van der Waals surface area contributed by atoms with Crippen LogP contribution in [0.2, 0.25) is 5.02 Å². The quantitative estimate of drug-likeness (QED) is 0.745. The molecule has 6 nitrogen and oxygen atoms in total. The first kappa shape index (κ1) is 16.1. The minimum Gasteiger partial charge on any atom is -0.508 e. The predicted octanol–water partition coefficient (Wildman–Crippen LogP) is 3.04. The Morgan fingerprint density at radius 2 is 1.75 bits per heavy atom. The van der Waals surface area contributed by atoms with Crippen LogP contribution in [0.15, 0.2) is 55.1 Å². The first-order valence-electron chi connectivity index (χ1n) is 7.41. The van der Waals surface area contributed by atoms with E-state index in [9.17, 15) is 5.11 Å². The number of aromatic nitrogens is 3. The fraction of sp³-hybridized carbons (Fsp3) is 0.176. The van der Waals surface area contributed by atoms with Gasteiger partial charge in [0.25, 0.3) is 0 Å². The smallest absolute Gasteiger partial charge is 0.138 e. The molecule has 3 aromatic rings. The summed E-state index contributed by atoms with van der Waals surface area (Å²) in [6, 6.07) is 12.8. The summed E-state index contributed by atoms with van der Waals surface area (Å²) in [7, 11) is 3.98. The molecule has 1 atom stereocenters. The van der Waals surface area contributed by atoms with Crippen molar-refractivity contribution in [1.29, 1.82) is 0 Å². The molecule has 2 N–H and O–H groups in total. The zero-order chi connectivity index (χ0) is 17.1. The van der Waals surface area contributed by atoms with Crippen LogP contribution in [0.25, 0.3) is 0 Å². The van der Waals surface area contributed by atoms with Crippen molar-refractivity contribution in [2.45, 2.75) is 6.04 Å². The molecule has 7 heteroatoms. The van der Waals surface area contributed by atoms with Gasteiger partial charge in [0.2, 0.25) is 0 Å². The number of aromatic hydroxyl groups is 1. The Morgan fingerprint density at radius 1 is 1.08 bits per heavy atom. The molecule has 24 heavy (non-hydrogen) atoms. The van der Waals surface area contributed by atoms with Gasteiger partial charge >= 0.3 is 0 Å². The molecule has 0 bridgehead atoms. The van der Waals surface area contributed by atoms with Gasteiger partial charge < -0.3 is 15.4 Å². The van der Waals surface area contributed by atoms with Gasteiger partial charge in [-0.15, -0.1) is 10.2 Å². The molecular formula is C17H18ClN5O. The minimum atomic E-state index is -0.309. The summed E-state index contributed by atoms with van der Waals surface area (Å²) >= 11 is 6.12. The van der Waals surface area contributed by atoms with Gasteiger partial charge in [-0.05, 0) is 35.9 Å². The van der Waals surface area contributed by atoms with Crippen molar-refractivity contribution in [1.82, 2.24) is 14.9 Å². The Kier molecular flexibility index (Phi) is 4.57. The molecule has 1 aromatic heterocycles. The molecule has 0 fully saturated rings. The van der Waals surface area contributed by atoms with E-state index in [4.69, 9.17) is 11.6 Å². The molecular weight excluding hydrogens is 326 g/mol. The number of hydrogen-bond acceptors (Lipinski definition) is 5. The van der Waals surface area contributed by atoms with Crippen LogP contribution in [0.4, 0.5) is 5.69 Å². The SMILES string of the molecule is CN(C)c1ccc([C@@H](Nn2cnnc2)c2cc(Cl)ccc2O)cc1. The van der Waals surface area contributed by atoms with Crippen molar-refractivity contribution >= 4 is 17.3 Å². The molecule has 0 aliphatic rings. The summed E-state index contributed by atoms with van der Waals surface area (Å²) in [4.78, 5) is 2.03. The largest absolute Gasteiger partial charge is 0.508 e. The molecule has 0 amide bonds. The van der Waals surface area contributed by atoms with Crippen LogP contribution in [-0.2, 0) is 0 Å². The van der Waals surface area contributed by atoms with Crippen LogP contribution in [-0.4, -0.2) is 34.1 Å². The lowest BCUT2D eigenvalue weighted by atomic mass is 9.98. The molecule has 1 heterocycles. The van der Waals surface area contributed by atoms with E-state index in [1.807, 2.05) is 43.3 Å². The second kappa shape index (κ2) is 6.80. The number of hydrogen-bond donors (Lipinski definition) is 2. The number of anilines is 1. The lowest BCUT2D eigenvalue weighted by molar-refractivity contribution is 0.465. The zero-order valence-corrected chi connectivity index (χ0v) is 14.1. The third kappa shape index (κ3) is 3.44. The van der Waals surface area contributed by atoms with Crippen LogP contribution < -0.4 is 10.3 Å². The maximum atomic E-state index is 10.3. The normalized spacial score (nSPS) is 12.0. The highest BCUT2D eigenvalue weighted by atomic mass is 35.5. The van der Waals surface area contributed by atoms with E-state index in [2.05, 4.69) is 15.6 Å². The van der Waals surface area contributed by atoms with E-state index in [0.29, 0.717) is 10.6 Å². The second-order valence-electron chi connectivity index (χ2n) is 5.62. The van der Waals surface area contributed by atoms with Gasteiger partial charge in [0, 0.05) is 30.4 Å². The summed E-state index contributed by atoms with van der Waals surface area (Å²) in [6.07, 6.45) is 3.12. The van der Waals surface area contributed by atoms with Crippen molar-refractivity contribution in [2.75, 3.05) is 24.4 Å². The Hall–Kier alpha value is -2.73. The average Bonchev–Trinajstić information content (AvgIpc) is 3.08. The number of phenols is 1. The molecule has 0 saturated carbocycles. The van der Waals surface area contributed by atoms with E-state index in [1.165, 1.54) is 0 Å². The van der Waals surface area contributed by atoms with E-state index in [-0.39, 0.29) is 11.8 Å². The van der Waals surface area contributed by atoms with E-state index in [0.717, 1.165) is 11.3 Å². The first-order chi connectivity index (χ1) is 11.5. The fourth-order valence-corrected chi connectivity index (χ4v) is 2.64. The van der Waals surface area contributed by atoms with Crippen molar-refractivity contribution in [2.24, 2.45) is 0 Å². The molecule has 2 aromatic carbocycles. The number of benzene rings is 2. The molecule has 124 valence electrons. The van der Waals surface area contributed by atoms with Gasteiger partial charge in [0.05, 0.1) is 6.04 Å². The highest BCUT2D eigenvalue weighted by molar-refractivity contribution is 6.30. The monoisotopic (exact) mass is 343 g/mol. The first-order valence-corrected chi connectivity index (χ1v) is 7.79. The maximum Gasteiger partial charge on any atom is 0.138 e. The van der Waals surface area contributed by atoms with Gasteiger partial charge in [0.15, 0.2) is 0 Å². The summed E-state index contributed by atoms with van der Waals surface area (Å²) in [6.45, 7) is 0.